The first kappa shape index (κ1) is 24.0. The molecular formula is C24H24N6O4S. The van der Waals surface area contributed by atoms with Gasteiger partial charge in [0.15, 0.2) is 15.6 Å². The Kier molecular flexibility index (Phi) is 6.35. The number of benzene rings is 1. The Morgan fingerprint density at radius 3 is 2.63 bits per heavy atom. The lowest BCUT2D eigenvalue weighted by atomic mass is 10.1. The summed E-state index contributed by atoms with van der Waals surface area (Å²) in [5.41, 5.74) is 7.87. The third kappa shape index (κ3) is 5.19. The zero-order chi connectivity index (χ0) is 25.3. The van der Waals surface area contributed by atoms with Crippen molar-refractivity contribution >= 4 is 44.2 Å². The van der Waals surface area contributed by atoms with Gasteiger partial charge in [0.05, 0.1) is 28.8 Å². The van der Waals surface area contributed by atoms with Gasteiger partial charge in [-0.25, -0.2) is 13.4 Å². The van der Waals surface area contributed by atoms with Gasteiger partial charge in [0.25, 0.3) is 0 Å². The first-order valence-electron chi connectivity index (χ1n) is 10.7. The lowest BCUT2D eigenvalue weighted by molar-refractivity contribution is -0.115. The Bertz CT molecular complexity index is 1560. The zero-order valence-corrected chi connectivity index (χ0v) is 20.2. The molecule has 0 aliphatic rings. The van der Waals surface area contributed by atoms with Crippen molar-refractivity contribution < 1.29 is 18.0 Å². The van der Waals surface area contributed by atoms with Crippen LogP contribution in [0.15, 0.2) is 60.0 Å². The van der Waals surface area contributed by atoms with Gasteiger partial charge in [-0.2, -0.15) is 4.98 Å². The molecule has 0 bridgehead atoms. The van der Waals surface area contributed by atoms with Crippen LogP contribution in [0.1, 0.15) is 41.4 Å². The highest BCUT2D eigenvalue weighted by molar-refractivity contribution is 7.90. The fourth-order valence-electron chi connectivity index (χ4n) is 3.68. The van der Waals surface area contributed by atoms with E-state index < -0.39 is 9.84 Å². The number of sulfone groups is 1. The minimum absolute atomic E-state index is 0.0395. The Labute approximate surface area is 202 Å². The van der Waals surface area contributed by atoms with Crippen LogP contribution < -0.4 is 11.1 Å². The van der Waals surface area contributed by atoms with Gasteiger partial charge in [0, 0.05) is 41.8 Å². The third-order valence-electron chi connectivity index (χ3n) is 5.37. The van der Waals surface area contributed by atoms with E-state index in [0.29, 0.717) is 27.8 Å². The van der Waals surface area contributed by atoms with Gasteiger partial charge in [0.1, 0.15) is 5.65 Å². The number of rotatable bonds is 7. The predicted octanol–water partition coefficient (Wildman–Crippen LogP) is 2.81. The Hall–Kier alpha value is -4.12. The molecule has 0 saturated carbocycles. The number of hydrogen-bond acceptors (Lipinski definition) is 8. The van der Waals surface area contributed by atoms with Crippen molar-refractivity contribution in [2.75, 3.05) is 17.3 Å². The molecule has 180 valence electrons. The quantitative estimate of drug-likeness (QED) is 0.374. The molecule has 0 spiro atoms. The highest BCUT2D eigenvalue weighted by Gasteiger charge is 2.20. The number of amides is 1. The van der Waals surface area contributed by atoms with Gasteiger partial charge in [0.2, 0.25) is 11.9 Å². The largest absolute Gasteiger partial charge is 0.368 e. The van der Waals surface area contributed by atoms with Crippen molar-refractivity contribution in [2.24, 2.45) is 0 Å². The Morgan fingerprint density at radius 2 is 1.91 bits per heavy atom. The number of pyridine rings is 1. The number of nitrogens with zero attached hydrogens (tertiary/aromatic N) is 4. The van der Waals surface area contributed by atoms with Crippen LogP contribution in [-0.2, 0) is 21.1 Å². The van der Waals surface area contributed by atoms with Gasteiger partial charge in [-0.1, -0.05) is 12.1 Å². The van der Waals surface area contributed by atoms with Crippen molar-refractivity contribution in [1.82, 2.24) is 19.5 Å². The van der Waals surface area contributed by atoms with Crippen LogP contribution in [0.25, 0.3) is 11.0 Å². The standard InChI is InChI=1S/C24H24N6O4S/c1-14(2)30-13-20(19-12-27-24(25)29-23(19)30)22(32)16-9-17(11-26-10-16)28-21(31)8-15-5-4-6-18(7-15)35(3,33)34/h4-7,9-14H,8H2,1-3H3,(H,28,31)(H2,25,27,29). The summed E-state index contributed by atoms with van der Waals surface area (Å²) in [5.74, 6) is -0.556. The number of hydrogen-bond donors (Lipinski definition) is 2. The Balaban J connectivity index is 1.57. The molecule has 10 nitrogen and oxygen atoms in total. The fraction of sp³-hybridized carbons (Fsp3) is 0.208. The zero-order valence-electron chi connectivity index (χ0n) is 19.4. The molecule has 0 aliphatic carbocycles. The van der Waals surface area contributed by atoms with Crippen LogP contribution >= 0.6 is 0 Å². The van der Waals surface area contributed by atoms with Gasteiger partial charge in [-0.3, -0.25) is 14.6 Å². The normalized spacial score (nSPS) is 11.7. The lowest BCUT2D eigenvalue weighted by Gasteiger charge is -2.08. The van der Waals surface area contributed by atoms with Crippen LogP contribution in [0.3, 0.4) is 0 Å². The summed E-state index contributed by atoms with van der Waals surface area (Å²) in [6.07, 6.45) is 7.16. The van der Waals surface area contributed by atoms with E-state index in [1.165, 1.54) is 36.8 Å². The molecule has 4 rings (SSSR count). The molecule has 0 aliphatic heterocycles. The van der Waals surface area contributed by atoms with E-state index in [4.69, 9.17) is 5.73 Å². The van der Waals surface area contributed by atoms with Gasteiger partial charge >= 0.3 is 0 Å². The fourth-order valence-corrected chi connectivity index (χ4v) is 4.37. The first-order valence-corrected chi connectivity index (χ1v) is 12.6. The highest BCUT2D eigenvalue weighted by Crippen LogP contribution is 2.26. The molecule has 0 atom stereocenters. The molecule has 0 saturated heterocycles. The van der Waals surface area contributed by atoms with Crippen LogP contribution in [0.2, 0.25) is 0 Å². The molecular weight excluding hydrogens is 468 g/mol. The number of aromatic nitrogens is 4. The van der Waals surface area contributed by atoms with E-state index in [-0.39, 0.29) is 40.6 Å². The van der Waals surface area contributed by atoms with Gasteiger partial charge < -0.3 is 15.6 Å². The number of nitrogen functional groups attached to an aromatic ring is 1. The molecule has 3 heterocycles. The number of carbonyl (C=O) groups is 2. The minimum Gasteiger partial charge on any atom is -0.368 e. The van der Waals surface area contributed by atoms with E-state index >= 15 is 0 Å². The smallest absolute Gasteiger partial charge is 0.228 e. The number of anilines is 2. The number of nitrogens with one attached hydrogen (secondary N) is 1. The van der Waals surface area contributed by atoms with Crippen LogP contribution in [-0.4, -0.2) is 45.9 Å². The van der Waals surface area contributed by atoms with Crippen molar-refractivity contribution in [3.63, 3.8) is 0 Å². The molecule has 1 amide bonds. The number of nitrogens with two attached hydrogens (primary N) is 1. The van der Waals surface area contributed by atoms with E-state index in [2.05, 4.69) is 20.3 Å². The van der Waals surface area contributed by atoms with Gasteiger partial charge in [-0.05, 0) is 37.6 Å². The average Bonchev–Trinajstić information content (AvgIpc) is 3.17. The number of fused-ring (bicyclic) bond motifs is 1. The molecule has 4 aromatic rings. The number of carbonyl (C=O) groups excluding carboxylic acids is 2. The molecule has 35 heavy (non-hydrogen) atoms. The maximum absolute atomic E-state index is 13.3. The van der Waals surface area contributed by atoms with E-state index in [0.717, 1.165) is 6.26 Å². The van der Waals surface area contributed by atoms with E-state index in [9.17, 15) is 18.0 Å². The van der Waals surface area contributed by atoms with Crippen LogP contribution in [0, 0.1) is 0 Å². The van der Waals surface area contributed by atoms with Crippen molar-refractivity contribution in [3.8, 4) is 0 Å². The maximum atomic E-state index is 13.3. The van der Waals surface area contributed by atoms with Crippen molar-refractivity contribution in [2.45, 2.75) is 31.2 Å². The first-order chi connectivity index (χ1) is 16.5. The predicted molar refractivity (Wildman–Crippen MR) is 132 cm³/mol. The summed E-state index contributed by atoms with van der Waals surface area (Å²) >= 11 is 0. The molecule has 0 unspecified atom stereocenters. The maximum Gasteiger partial charge on any atom is 0.228 e. The van der Waals surface area contributed by atoms with Crippen molar-refractivity contribution in [1.29, 1.82) is 0 Å². The molecule has 11 heteroatoms. The summed E-state index contributed by atoms with van der Waals surface area (Å²) in [5, 5.41) is 3.28. The third-order valence-corrected chi connectivity index (χ3v) is 6.48. The second kappa shape index (κ2) is 9.26. The number of ketones is 1. The average molecular weight is 493 g/mol. The monoisotopic (exact) mass is 492 g/mol. The summed E-state index contributed by atoms with van der Waals surface area (Å²) in [7, 11) is -3.38. The summed E-state index contributed by atoms with van der Waals surface area (Å²) < 4.78 is 25.4. The second-order valence-corrected chi connectivity index (χ2v) is 10.5. The van der Waals surface area contributed by atoms with Crippen LogP contribution in [0.5, 0.6) is 0 Å². The van der Waals surface area contributed by atoms with E-state index in [1.54, 1.807) is 18.3 Å². The molecule has 3 N–H and O–H groups in total. The van der Waals surface area contributed by atoms with Crippen molar-refractivity contribution in [3.05, 3.63) is 71.8 Å². The molecule has 3 aromatic heterocycles. The lowest BCUT2D eigenvalue weighted by Crippen LogP contribution is -2.15. The topological polar surface area (TPSA) is 150 Å². The summed E-state index contributed by atoms with van der Waals surface area (Å²) in [6, 6.07) is 7.78. The van der Waals surface area contributed by atoms with E-state index in [1.807, 2.05) is 18.4 Å². The molecule has 0 radical (unpaired) electrons. The highest BCUT2D eigenvalue weighted by atomic mass is 32.2. The summed E-state index contributed by atoms with van der Waals surface area (Å²) in [4.78, 5) is 38.5. The molecule has 1 aromatic carbocycles. The van der Waals surface area contributed by atoms with Crippen LogP contribution in [0.4, 0.5) is 11.6 Å². The Morgan fingerprint density at radius 1 is 1.14 bits per heavy atom. The SMILES string of the molecule is CC(C)n1cc(C(=O)c2cncc(NC(=O)Cc3cccc(S(C)(=O)=O)c3)c2)c2cnc(N)nc21. The summed E-state index contributed by atoms with van der Waals surface area (Å²) in [6.45, 7) is 3.94. The minimum atomic E-state index is -3.38. The second-order valence-electron chi connectivity index (χ2n) is 8.45. The van der Waals surface area contributed by atoms with Gasteiger partial charge in [-0.15, -0.1) is 0 Å². The molecule has 0 fully saturated rings.